The van der Waals surface area contributed by atoms with E-state index in [-0.39, 0.29) is 49.4 Å². The van der Waals surface area contributed by atoms with Crippen LogP contribution in [-0.4, -0.2) is 87.4 Å². The number of aromatic carboxylic acids is 1. The number of Topliss-reactive ketones (excluding diaryl/α,β-unsaturated/α-hetero) is 1. The molecule has 14 nitrogen and oxygen atoms in total. The number of carboxylic acid groups (broad SMARTS) is 2. The highest BCUT2D eigenvalue weighted by atomic mass is 16.5. The molecule has 41 heavy (non-hydrogen) atoms. The van der Waals surface area contributed by atoms with Crippen LogP contribution in [0.4, 0.5) is 4.79 Å². The number of rotatable bonds is 9. The fraction of sp³-hybridized carbons (Fsp3) is 0.346. The highest BCUT2D eigenvalue weighted by Gasteiger charge is 2.41. The van der Waals surface area contributed by atoms with Gasteiger partial charge in [-0.25, -0.2) is 14.4 Å². The summed E-state index contributed by atoms with van der Waals surface area (Å²) in [6.45, 7) is 1.60. The highest BCUT2D eigenvalue weighted by molar-refractivity contribution is 6.47. The van der Waals surface area contributed by atoms with Crippen LogP contribution in [0, 0.1) is 0 Å². The zero-order valence-corrected chi connectivity index (χ0v) is 22.1. The van der Waals surface area contributed by atoms with Gasteiger partial charge < -0.3 is 30.1 Å². The van der Waals surface area contributed by atoms with Crippen LogP contribution < -0.4 is 14.5 Å². The van der Waals surface area contributed by atoms with Crippen molar-refractivity contribution in [1.82, 2.24) is 15.1 Å². The topological polar surface area (TPSA) is 195 Å². The number of imide groups is 1. The molecule has 2 aliphatic heterocycles. The minimum atomic E-state index is -1.53. The first-order valence-corrected chi connectivity index (χ1v) is 12.8. The highest BCUT2D eigenvalue weighted by Crippen LogP contribution is 2.37. The first-order valence-electron chi connectivity index (χ1n) is 12.8. The number of nitrogens with one attached hydrogen (secondary N) is 1. The van der Waals surface area contributed by atoms with Crippen molar-refractivity contribution in [3.63, 3.8) is 0 Å². The predicted molar refractivity (Wildman–Crippen MR) is 139 cm³/mol. The predicted octanol–water partition coefficient (Wildman–Crippen LogP) is -0.357. The van der Waals surface area contributed by atoms with Crippen molar-refractivity contribution in [3.8, 4) is 5.75 Å². The van der Waals surface area contributed by atoms with E-state index in [1.807, 2.05) is 0 Å². The number of aliphatic carboxylic acids is 1. The summed E-state index contributed by atoms with van der Waals surface area (Å²) in [5, 5.41) is 31.7. The fourth-order valence-corrected chi connectivity index (χ4v) is 4.89. The van der Waals surface area contributed by atoms with Gasteiger partial charge in [0.05, 0.1) is 5.56 Å². The SMILES string of the molecule is CCN1CCN(C(=O)NC(C(=O)C[C@H]2Cc3cccc(C(=O)O)c3OB2O)c2ccc[n+](CC(=O)O)c2)C(=O)C1=O. The van der Waals surface area contributed by atoms with Gasteiger partial charge in [-0.15, -0.1) is 0 Å². The number of piperazine rings is 1. The second kappa shape index (κ2) is 12.2. The van der Waals surface area contributed by atoms with E-state index in [4.69, 9.17) is 4.65 Å². The van der Waals surface area contributed by atoms with Gasteiger partial charge in [0, 0.05) is 43.5 Å². The van der Waals surface area contributed by atoms with Crippen molar-refractivity contribution in [3.05, 3.63) is 59.4 Å². The maximum absolute atomic E-state index is 13.7. The zero-order chi connectivity index (χ0) is 29.8. The number of pyridine rings is 1. The first-order chi connectivity index (χ1) is 19.5. The van der Waals surface area contributed by atoms with E-state index in [0.717, 1.165) is 0 Å². The number of para-hydroxylation sites is 1. The molecular formula is C26H28BN4O10+. The monoisotopic (exact) mass is 567 g/mol. The van der Waals surface area contributed by atoms with Crippen LogP contribution in [0.2, 0.25) is 5.82 Å². The molecule has 2 atom stereocenters. The smallest absolute Gasteiger partial charge is 0.526 e. The van der Waals surface area contributed by atoms with Crippen molar-refractivity contribution >= 4 is 42.7 Å². The molecule has 0 radical (unpaired) electrons. The van der Waals surface area contributed by atoms with Gasteiger partial charge in [0.2, 0.25) is 6.54 Å². The lowest BCUT2D eigenvalue weighted by molar-refractivity contribution is -0.686. The molecule has 1 unspecified atom stereocenters. The molecule has 15 heteroatoms. The van der Waals surface area contributed by atoms with Gasteiger partial charge >= 0.3 is 36.9 Å². The van der Waals surface area contributed by atoms with Crippen LogP contribution in [0.3, 0.4) is 0 Å². The molecule has 3 heterocycles. The average Bonchev–Trinajstić information content (AvgIpc) is 2.92. The molecule has 4 N–H and O–H groups in total. The number of hydrogen-bond donors (Lipinski definition) is 4. The Bertz CT molecular complexity index is 1420. The summed E-state index contributed by atoms with van der Waals surface area (Å²) < 4.78 is 6.77. The third-order valence-corrected chi connectivity index (χ3v) is 6.97. The van der Waals surface area contributed by atoms with Crippen molar-refractivity contribution < 1.29 is 53.2 Å². The van der Waals surface area contributed by atoms with Crippen molar-refractivity contribution in [1.29, 1.82) is 0 Å². The Morgan fingerprint density at radius 3 is 2.56 bits per heavy atom. The Kier molecular flexibility index (Phi) is 8.66. The minimum absolute atomic E-state index is 0.00762. The van der Waals surface area contributed by atoms with Crippen LogP contribution in [0.5, 0.6) is 5.75 Å². The summed E-state index contributed by atoms with van der Waals surface area (Å²) in [7, 11) is -1.53. The molecule has 2 aliphatic rings. The van der Waals surface area contributed by atoms with Crippen LogP contribution in [0.1, 0.15) is 40.9 Å². The number of fused-ring (bicyclic) bond motifs is 1. The maximum Gasteiger partial charge on any atom is 0.526 e. The van der Waals surface area contributed by atoms with Gasteiger partial charge in [-0.2, -0.15) is 4.57 Å². The van der Waals surface area contributed by atoms with Crippen molar-refractivity contribution in [2.24, 2.45) is 0 Å². The first kappa shape index (κ1) is 29.2. The number of aromatic nitrogens is 1. The molecule has 2 aromatic rings. The number of amides is 4. The fourth-order valence-electron chi connectivity index (χ4n) is 4.89. The van der Waals surface area contributed by atoms with Crippen molar-refractivity contribution in [2.75, 3.05) is 19.6 Å². The van der Waals surface area contributed by atoms with Crippen LogP contribution in [-0.2, 0) is 32.1 Å². The summed E-state index contributed by atoms with van der Waals surface area (Å²) in [6.07, 6.45) is 2.60. The van der Waals surface area contributed by atoms with Crippen LogP contribution in [0.15, 0.2) is 42.7 Å². The Labute approximate surface area is 234 Å². The van der Waals surface area contributed by atoms with E-state index < -0.39 is 61.1 Å². The summed E-state index contributed by atoms with van der Waals surface area (Å²) in [6, 6.07) is 5.09. The molecule has 1 aromatic carbocycles. The van der Waals surface area contributed by atoms with Gasteiger partial charge in [-0.3, -0.25) is 19.3 Å². The molecule has 4 amide bonds. The summed E-state index contributed by atoms with van der Waals surface area (Å²) >= 11 is 0. The third kappa shape index (κ3) is 6.35. The Morgan fingerprint density at radius 1 is 1.12 bits per heavy atom. The van der Waals surface area contributed by atoms with Crippen LogP contribution in [0.25, 0.3) is 0 Å². The quantitative estimate of drug-likeness (QED) is 0.177. The number of hydrogen-bond acceptors (Lipinski definition) is 8. The van der Waals surface area contributed by atoms with E-state index in [1.54, 1.807) is 13.0 Å². The lowest BCUT2D eigenvalue weighted by Gasteiger charge is -2.33. The lowest BCUT2D eigenvalue weighted by Crippen LogP contribution is -2.58. The Hall–Kier alpha value is -4.79. The molecule has 0 aliphatic carbocycles. The van der Waals surface area contributed by atoms with Gasteiger partial charge in [-0.1, -0.05) is 12.1 Å². The molecule has 1 saturated heterocycles. The molecule has 0 saturated carbocycles. The molecule has 0 bridgehead atoms. The number of carbonyl (C=O) groups is 6. The van der Waals surface area contributed by atoms with E-state index >= 15 is 0 Å². The Morgan fingerprint density at radius 2 is 1.88 bits per heavy atom. The van der Waals surface area contributed by atoms with Gasteiger partial charge in [0.25, 0.3) is 0 Å². The molecular weight excluding hydrogens is 539 g/mol. The summed E-state index contributed by atoms with van der Waals surface area (Å²) in [5.41, 5.74) is 0.550. The largest absolute Gasteiger partial charge is 0.535 e. The molecule has 214 valence electrons. The van der Waals surface area contributed by atoms with Gasteiger partial charge in [-0.05, 0) is 31.0 Å². The molecule has 0 spiro atoms. The zero-order valence-electron chi connectivity index (χ0n) is 22.1. The standard InChI is InChI=1S/C26H27BN4O10/c1-2-30-9-10-31(24(36)23(30)35)26(39)28-21(16-6-4-8-29(13-16)14-20(33)34)19(32)12-17-11-15-5-3-7-18(25(37)38)22(15)41-27(17)40/h3-8,13,17,21,40H,2,9-12,14H2,1H3,(H2-,28,33,34,37,38,39)/p+1/t17-,21?/m1/s1. The second-order valence-corrected chi connectivity index (χ2v) is 9.67. The third-order valence-electron chi connectivity index (χ3n) is 6.97. The van der Waals surface area contributed by atoms with Crippen LogP contribution >= 0.6 is 0 Å². The molecule has 4 rings (SSSR count). The van der Waals surface area contributed by atoms with E-state index in [0.29, 0.717) is 10.5 Å². The van der Waals surface area contributed by atoms with Crippen molar-refractivity contribution in [2.45, 2.75) is 38.2 Å². The number of likely N-dealkylation sites (N-methyl/N-ethyl adjacent to an activating group) is 1. The summed E-state index contributed by atoms with van der Waals surface area (Å²) in [4.78, 5) is 76.5. The maximum atomic E-state index is 13.7. The number of nitrogens with zero attached hydrogens (tertiary/aromatic N) is 3. The number of urea groups is 1. The Balaban J connectivity index is 1.59. The number of carbonyl (C=O) groups excluding carboxylic acids is 4. The minimum Gasteiger partial charge on any atom is -0.535 e. The van der Waals surface area contributed by atoms with E-state index in [1.165, 1.54) is 46.1 Å². The number of ketones is 1. The number of benzene rings is 1. The van der Waals surface area contributed by atoms with E-state index in [2.05, 4.69) is 5.32 Å². The molecule has 1 fully saturated rings. The normalized spacial score (nSPS) is 17.4. The average molecular weight is 567 g/mol. The second-order valence-electron chi connectivity index (χ2n) is 9.67. The van der Waals surface area contributed by atoms with Gasteiger partial charge in [0.1, 0.15) is 11.8 Å². The lowest BCUT2D eigenvalue weighted by atomic mass is 9.64. The van der Waals surface area contributed by atoms with Gasteiger partial charge in [0.15, 0.2) is 18.2 Å². The van der Waals surface area contributed by atoms with E-state index in [9.17, 15) is 44.0 Å². The summed E-state index contributed by atoms with van der Waals surface area (Å²) in [5.74, 6) is -5.67. The molecule has 1 aromatic heterocycles. The number of carboxylic acids is 2.